The van der Waals surface area contributed by atoms with Gasteiger partial charge in [0.1, 0.15) is 5.75 Å². The van der Waals surface area contributed by atoms with Crippen LogP contribution in [0.5, 0.6) is 17.2 Å². The number of nitrogens with zero attached hydrogens (tertiary/aromatic N) is 1. The zero-order valence-electron chi connectivity index (χ0n) is 20.6. The fourth-order valence-electron chi connectivity index (χ4n) is 4.59. The molecule has 1 atom stereocenters. The van der Waals surface area contributed by atoms with Gasteiger partial charge in [-0.1, -0.05) is 6.07 Å². The summed E-state index contributed by atoms with van der Waals surface area (Å²) in [7, 11) is 4.84. The highest BCUT2D eigenvalue weighted by molar-refractivity contribution is 5.90. The molecule has 0 aromatic heterocycles. The largest absolute Gasteiger partial charge is 0.497 e. The summed E-state index contributed by atoms with van der Waals surface area (Å²) >= 11 is 0. The van der Waals surface area contributed by atoms with Crippen LogP contribution in [0.25, 0.3) is 0 Å². The van der Waals surface area contributed by atoms with Crippen LogP contribution >= 0.6 is 0 Å². The fourth-order valence-corrected chi connectivity index (χ4v) is 4.59. The van der Waals surface area contributed by atoms with E-state index in [0.717, 1.165) is 44.4 Å². The van der Waals surface area contributed by atoms with Crippen LogP contribution in [0.15, 0.2) is 36.4 Å². The van der Waals surface area contributed by atoms with E-state index in [1.54, 1.807) is 39.5 Å². The second-order valence-corrected chi connectivity index (χ2v) is 8.78. The SMILES string of the molecule is COc1ccc2c(c1)CCC(N(CCCCOC(=O)c1ccc(OC)c(OC)c1)C(C)C)C2. The van der Waals surface area contributed by atoms with E-state index >= 15 is 0 Å². The van der Waals surface area contributed by atoms with E-state index in [2.05, 4.69) is 36.9 Å². The highest BCUT2D eigenvalue weighted by Gasteiger charge is 2.26. The van der Waals surface area contributed by atoms with Gasteiger partial charge >= 0.3 is 5.97 Å². The lowest BCUT2D eigenvalue weighted by molar-refractivity contribution is 0.0488. The molecule has 0 spiro atoms. The number of hydrogen-bond donors (Lipinski definition) is 0. The third-order valence-electron chi connectivity index (χ3n) is 6.41. The summed E-state index contributed by atoms with van der Waals surface area (Å²) in [5.41, 5.74) is 3.31. The van der Waals surface area contributed by atoms with Crippen molar-refractivity contribution in [2.75, 3.05) is 34.5 Å². The molecule has 33 heavy (non-hydrogen) atoms. The van der Waals surface area contributed by atoms with Crippen LogP contribution in [-0.2, 0) is 17.6 Å². The molecule has 1 unspecified atom stereocenters. The van der Waals surface area contributed by atoms with Crippen LogP contribution in [0.4, 0.5) is 0 Å². The van der Waals surface area contributed by atoms with Gasteiger partial charge in [-0.25, -0.2) is 4.79 Å². The standard InChI is InChI=1S/C27H37NO5/c1-19(2)28(23-11-8-21-17-24(30-3)12-9-20(21)16-23)14-6-7-15-33-27(29)22-10-13-25(31-4)26(18-22)32-5/h9-10,12-13,17-19,23H,6-8,11,14-16H2,1-5H3. The number of carbonyl (C=O) groups is 1. The Labute approximate surface area is 197 Å². The maximum absolute atomic E-state index is 12.4. The molecule has 1 aliphatic carbocycles. The van der Waals surface area contributed by atoms with Gasteiger partial charge in [0, 0.05) is 12.1 Å². The molecule has 6 nitrogen and oxygen atoms in total. The van der Waals surface area contributed by atoms with E-state index < -0.39 is 0 Å². The molecular formula is C27H37NO5. The average molecular weight is 456 g/mol. The molecule has 3 rings (SSSR count). The van der Waals surface area contributed by atoms with Crippen LogP contribution in [-0.4, -0.2) is 57.4 Å². The molecule has 0 aliphatic heterocycles. The van der Waals surface area contributed by atoms with Crippen LogP contribution in [0.1, 0.15) is 54.6 Å². The molecule has 0 saturated heterocycles. The zero-order valence-corrected chi connectivity index (χ0v) is 20.6. The second-order valence-electron chi connectivity index (χ2n) is 8.78. The van der Waals surface area contributed by atoms with Crippen LogP contribution < -0.4 is 14.2 Å². The van der Waals surface area contributed by atoms with Crippen molar-refractivity contribution in [3.63, 3.8) is 0 Å². The number of aryl methyl sites for hydroxylation is 1. The molecule has 6 heteroatoms. The number of methoxy groups -OCH3 is 3. The van der Waals surface area contributed by atoms with Gasteiger partial charge < -0.3 is 18.9 Å². The van der Waals surface area contributed by atoms with Gasteiger partial charge in [-0.05, 0) is 94.0 Å². The molecule has 0 N–H and O–H groups in total. The number of unbranched alkanes of at least 4 members (excludes halogenated alkanes) is 1. The summed E-state index contributed by atoms with van der Waals surface area (Å²) in [5, 5.41) is 0. The molecule has 180 valence electrons. The van der Waals surface area contributed by atoms with Gasteiger partial charge in [-0.15, -0.1) is 0 Å². The number of carbonyl (C=O) groups excluding carboxylic acids is 1. The van der Waals surface area contributed by atoms with Crippen molar-refractivity contribution in [1.82, 2.24) is 4.90 Å². The van der Waals surface area contributed by atoms with Crippen molar-refractivity contribution >= 4 is 5.97 Å². The van der Waals surface area contributed by atoms with Crippen LogP contribution in [0.2, 0.25) is 0 Å². The lowest BCUT2D eigenvalue weighted by atomic mass is 9.86. The number of rotatable bonds is 11. The van der Waals surface area contributed by atoms with Gasteiger partial charge in [0.25, 0.3) is 0 Å². The Morgan fingerprint density at radius 3 is 2.45 bits per heavy atom. The van der Waals surface area contributed by atoms with Gasteiger partial charge in [0.2, 0.25) is 0 Å². The summed E-state index contributed by atoms with van der Waals surface area (Å²) in [6.45, 7) is 5.94. The van der Waals surface area contributed by atoms with E-state index in [1.807, 2.05) is 0 Å². The van der Waals surface area contributed by atoms with Crippen molar-refractivity contribution in [3.05, 3.63) is 53.1 Å². The lowest BCUT2D eigenvalue weighted by Crippen LogP contribution is -2.44. The van der Waals surface area contributed by atoms with E-state index in [1.165, 1.54) is 11.1 Å². The number of hydrogen-bond acceptors (Lipinski definition) is 6. The normalized spacial score (nSPS) is 15.3. The van der Waals surface area contributed by atoms with E-state index in [9.17, 15) is 4.79 Å². The molecule has 0 heterocycles. The lowest BCUT2D eigenvalue weighted by Gasteiger charge is -2.38. The smallest absolute Gasteiger partial charge is 0.338 e. The van der Waals surface area contributed by atoms with E-state index in [-0.39, 0.29) is 5.97 Å². The minimum atomic E-state index is -0.337. The van der Waals surface area contributed by atoms with Crippen molar-refractivity contribution in [2.45, 2.75) is 58.0 Å². The highest BCUT2D eigenvalue weighted by atomic mass is 16.5. The maximum atomic E-state index is 12.4. The summed E-state index contributed by atoms with van der Waals surface area (Å²) in [4.78, 5) is 15.0. The number of benzene rings is 2. The Bertz CT molecular complexity index is 927. The van der Waals surface area contributed by atoms with Crippen molar-refractivity contribution in [2.24, 2.45) is 0 Å². The molecule has 2 aromatic rings. The van der Waals surface area contributed by atoms with Gasteiger partial charge in [0.15, 0.2) is 11.5 Å². The third-order valence-corrected chi connectivity index (χ3v) is 6.41. The van der Waals surface area contributed by atoms with E-state index in [0.29, 0.717) is 35.8 Å². The number of fused-ring (bicyclic) bond motifs is 1. The van der Waals surface area contributed by atoms with E-state index in [4.69, 9.17) is 18.9 Å². The number of esters is 1. The first-order chi connectivity index (χ1) is 16.0. The van der Waals surface area contributed by atoms with Crippen LogP contribution in [0.3, 0.4) is 0 Å². The van der Waals surface area contributed by atoms with Crippen molar-refractivity contribution in [3.8, 4) is 17.2 Å². The minimum Gasteiger partial charge on any atom is -0.497 e. The minimum absolute atomic E-state index is 0.337. The Morgan fingerprint density at radius 2 is 1.76 bits per heavy atom. The Kier molecular flexibility index (Phi) is 9.01. The Morgan fingerprint density at radius 1 is 0.970 bits per heavy atom. The monoisotopic (exact) mass is 455 g/mol. The molecule has 2 aromatic carbocycles. The third kappa shape index (κ3) is 6.41. The van der Waals surface area contributed by atoms with Gasteiger partial charge in [-0.2, -0.15) is 0 Å². The first-order valence-electron chi connectivity index (χ1n) is 11.8. The molecule has 1 aliphatic rings. The first kappa shape index (κ1) is 24.9. The van der Waals surface area contributed by atoms with Crippen molar-refractivity contribution in [1.29, 1.82) is 0 Å². The van der Waals surface area contributed by atoms with Gasteiger partial charge in [-0.3, -0.25) is 4.90 Å². The zero-order chi connectivity index (χ0) is 23.8. The quantitative estimate of drug-likeness (QED) is 0.354. The topological polar surface area (TPSA) is 57.2 Å². The average Bonchev–Trinajstić information content (AvgIpc) is 2.84. The fraction of sp³-hybridized carbons (Fsp3) is 0.519. The maximum Gasteiger partial charge on any atom is 0.338 e. The predicted molar refractivity (Wildman–Crippen MR) is 130 cm³/mol. The molecular weight excluding hydrogens is 418 g/mol. The van der Waals surface area contributed by atoms with Crippen molar-refractivity contribution < 1.29 is 23.7 Å². The molecule has 0 saturated carbocycles. The molecule has 0 radical (unpaired) electrons. The highest BCUT2D eigenvalue weighted by Crippen LogP contribution is 2.29. The summed E-state index contributed by atoms with van der Waals surface area (Å²) in [5.74, 6) is 1.71. The summed E-state index contributed by atoms with van der Waals surface area (Å²) in [6.07, 6.45) is 5.15. The first-order valence-corrected chi connectivity index (χ1v) is 11.8. The van der Waals surface area contributed by atoms with Crippen LogP contribution in [0, 0.1) is 0 Å². The Balaban J connectivity index is 1.47. The molecule has 0 bridgehead atoms. The second kappa shape index (κ2) is 11.9. The number of ether oxygens (including phenoxy) is 4. The van der Waals surface area contributed by atoms with Gasteiger partial charge in [0.05, 0.1) is 33.5 Å². The Hall–Kier alpha value is -2.73. The summed E-state index contributed by atoms with van der Waals surface area (Å²) in [6, 6.07) is 12.5. The summed E-state index contributed by atoms with van der Waals surface area (Å²) < 4.78 is 21.4. The molecule has 0 amide bonds. The predicted octanol–water partition coefficient (Wildman–Crippen LogP) is 4.92. The molecule has 0 fully saturated rings.